The van der Waals surface area contributed by atoms with Crippen LogP contribution in [0.5, 0.6) is 0 Å². The number of nitrogens with one attached hydrogen (secondary N) is 1. The fraction of sp³-hybridized carbons (Fsp3) is 0.500. The Morgan fingerprint density at radius 1 is 1.33 bits per heavy atom. The van der Waals surface area contributed by atoms with Gasteiger partial charge in [0.05, 0.1) is 6.26 Å². The Kier molecular flexibility index (Phi) is 7.64. The van der Waals surface area contributed by atoms with E-state index in [9.17, 15) is 13.2 Å². The summed E-state index contributed by atoms with van der Waals surface area (Å²) in [4.78, 5) is 12.5. The third-order valence-corrected chi connectivity index (χ3v) is 6.15. The molecule has 0 saturated heterocycles. The molecule has 0 aliphatic carbocycles. The lowest BCUT2D eigenvalue weighted by Gasteiger charge is -2.17. The van der Waals surface area contributed by atoms with Crippen LogP contribution in [0.1, 0.15) is 36.5 Å². The molecule has 0 bridgehead atoms. The van der Waals surface area contributed by atoms with Crippen molar-refractivity contribution in [1.82, 2.24) is 14.2 Å². The molecule has 0 aliphatic rings. The minimum absolute atomic E-state index is 0.126. The van der Waals surface area contributed by atoms with Crippen LogP contribution < -0.4 is 5.32 Å². The van der Waals surface area contributed by atoms with E-state index in [1.807, 2.05) is 6.07 Å². The average molecular weight is 397 g/mol. The molecule has 2 aromatic rings. The van der Waals surface area contributed by atoms with Gasteiger partial charge in [0.15, 0.2) is 0 Å². The summed E-state index contributed by atoms with van der Waals surface area (Å²) in [5, 5.41) is 2.78. The summed E-state index contributed by atoms with van der Waals surface area (Å²) >= 11 is 0. The highest BCUT2D eigenvalue weighted by Gasteiger charge is 2.25. The molecule has 8 nitrogen and oxygen atoms in total. The monoisotopic (exact) mass is 397 g/mol. The van der Waals surface area contributed by atoms with Gasteiger partial charge in [-0.15, -0.1) is 0 Å². The number of carbonyl (C=O) groups is 1. The summed E-state index contributed by atoms with van der Waals surface area (Å²) in [7, 11) is -1.93. The number of rotatable bonds is 11. The summed E-state index contributed by atoms with van der Waals surface area (Å²) in [6.07, 6.45) is 3.70. The van der Waals surface area contributed by atoms with Gasteiger partial charge in [0.1, 0.15) is 23.0 Å². The number of ether oxygens (including phenoxy) is 1. The molecule has 9 heteroatoms. The Hall–Kier alpha value is -2.10. The molecule has 2 rings (SSSR count). The van der Waals surface area contributed by atoms with E-state index in [4.69, 9.17) is 9.15 Å². The van der Waals surface area contributed by atoms with Crippen LogP contribution in [0.2, 0.25) is 0 Å². The second-order valence-electron chi connectivity index (χ2n) is 6.00. The van der Waals surface area contributed by atoms with Crippen molar-refractivity contribution in [3.63, 3.8) is 0 Å². The van der Waals surface area contributed by atoms with E-state index < -0.39 is 10.0 Å². The molecule has 0 radical (unpaired) electrons. The van der Waals surface area contributed by atoms with Gasteiger partial charge in [0, 0.05) is 39.5 Å². The molecule has 1 N–H and O–H groups in total. The quantitative estimate of drug-likeness (QED) is 0.585. The smallest absolute Gasteiger partial charge is 0.267 e. The lowest BCUT2D eigenvalue weighted by atomic mass is 10.3. The lowest BCUT2D eigenvalue weighted by Crippen LogP contribution is -2.30. The van der Waals surface area contributed by atoms with Gasteiger partial charge in [-0.05, 0) is 24.6 Å². The molecular weight excluding hydrogens is 370 g/mol. The van der Waals surface area contributed by atoms with E-state index in [0.29, 0.717) is 45.0 Å². The van der Waals surface area contributed by atoms with Crippen LogP contribution in [0.4, 0.5) is 0 Å². The average Bonchev–Trinajstić information content (AvgIpc) is 3.28. The number of aryl methyl sites for hydroxylation is 1. The Balaban J connectivity index is 1.85. The summed E-state index contributed by atoms with van der Waals surface area (Å²) in [5.41, 5.74) is 0.303. The van der Waals surface area contributed by atoms with Gasteiger partial charge in [0.25, 0.3) is 5.91 Å². The van der Waals surface area contributed by atoms with Gasteiger partial charge in [-0.3, -0.25) is 4.79 Å². The van der Waals surface area contributed by atoms with Gasteiger partial charge >= 0.3 is 0 Å². The zero-order valence-corrected chi connectivity index (χ0v) is 16.8. The van der Waals surface area contributed by atoms with Gasteiger partial charge in [0.2, 0.25) is 10.0 Å². The maximum absolute atomic E-state index is 12.6. The zero-order chi connectivity index (χ0) is 19.9. The van der Waals surface area contributed by atoms with Crippen LogP contribution in [0.3, 0.4) is 0 Å². The summed E-state index contributed by atoms with van der Waals surface area (Å²) in [5.74, 6) is 0.439. The first kappa shape index (κ1) is 21.2. The van der Waals surface area contributed by atoms with Crippen LogP contribution in [-0.4, -0.2) is 49.4 Å². The Morgan fingerprint density at radius 2 is 2.07 bits per heavy atom. The van der Waals surface area contributed by atoms with Crippen molar-refractivity contribution in [2.45, 2.75) is 31.8 Å². The van der Waals surface area contributed by atoms with E-state index >= 15 is 0 Å². The van der Waals surface area contributed by atoms with Crippen molar-refractivity contribution < 1.29 is 22.4 Å². The van der Waals surface area contributed by atoms with Gasteiger partial charge in [-0.1, -0.05) is 13.8 Å². The highest BCUT2D eigenvalue weighted by molar-refractivity contribution is 7.89. The molecule has 2 aromatic heterocycles. The third-order valence-electron chi connectivity index (χ3n) is 4.13. The number of sulfonamides is 1. The topological polar surface area (TPSA) is 93.8 Å². The summed E-state index contributed by atoms with van der Waals surface area (Å²) in [6, 6.07) is 5.05. The molecule has 0 saturated carbocycles. The van der Waals surface area contributed by atoms with Crippen LogP contribution >= 0.6 is 0 Å². The van der Waals surface area contributed by atoms with Crippen LogP contribution in [0, 0.1) is 0 Å². The van der Waals surface area contributed by atoms with Crippen molar-refractivity contribution in [3.8, 4) is 0 Å². The summed E-state index contributed by atoms with van der Waals surface area (Å²) < 4.78 is 38.6. The Bertz CT molecular complexity index is 823. The minimum Gasteiger partial charge on any atom is -0.467 e. The minimum atomic E-state index is -3.59. The van der Waals surface area contributed by atoms with Crippen molar-refractivity contribution in [1.29, 1.82) is 0 Å². The van der Waals surface area contributed by atoms with Gasteiger partial charge in [-0.2, -0.15) is 4.31 Å². The normalized spacial score (nSPS) is 11.9. The van der Waals surface area contributed by atoms with Crippen molar-refractivity contribution in [3.05, 3.63) is 42.1 Å². The first-order valence-electron chi connectivity index (χ1n) is 8.95. The number of hydrogen-bond acceptors (Lipinski definition) is 5. The second-order valence-corrected chi connectivity index (χ2v) is 7.94. The number of carbonyl (C=O) groups excluding carboxylic acids is 1. The maximum Gasteiger partial charge on any atom is 0.267 e. The first-order chi connectivity index (χ1) is 12.9. The molecule has 1 amide bonds. The van der Waals surface area contributed by atoms with E-state index in [-0.39, 0.29) is 10.8 Å². The zero-order valence-electron chi connectivity index (χ0n) is 16.0. The standard InChI is InChI=1S/C18H27N3O5S/c1-4-21(5-2)27(23,24)16-12-17(20(3)13-16)18(22)19-9-7-10-25-14-15-8-6-11-26-15/h6,8,11-13H,4-5,7,9-10,14H2,1-3H3,(H,19,22). The van der Waals surface area contributed by atoms with E-state index in [2.05, 4.69) is 5.32 Å². The number of aromatic nitrogens is 1. The van der Waals surface area contributed by atoms with Gasteiger partial charge < -0.3 is 19.0 Å². The Morgan fingerprint density at radius 3 is 2.70 bits per heavy atom. The van der Waals surface area contributed by atoms with E-state index in [1.54, 1.807) is 33.2 Å². The molecule has 0 aliphatic heterocycles. The largest absolute Gasteiger partial charge is 0.467 e. The fourth-order valence-electron chi connectivity index (χ4n) is 2.65. The highest BCUT2D eigenvalue weighted by atomic mass is 32.2. The van der Waals surface area contributed by atoms with Crippen LogP contribution in [-0.2, 0) is 28.4 Å². The molecule has 27 heavy (non-hydrogen) atoms. The predicted molar refractivity (Wildman–Crippen MR) is 101 cm³/mol. The number of furan rings is 1. The molecule has 0 atom stereocenters. The molecular formula is C18H27N3O5S. The van der Waals surface area contributed by atoms with Crippen molar-refractivity contribution in [2.75, 3.05) is 26.2 Å². The Labute approximate surface area is 160 Å². The van der Waals surface area contributed by atoms with Crippen LogP contribution in [0.25, 0.3) is 0 Å². The van der Waals surface area contributed by atoms with E-state index in [1.165, 1.54) is 21.1 Å². The predicted octanol–water partition coefficient (Wildman–Crippen LogP) is 1.99. The summed E-state index contributed by atoms with van der Waals surface area (Å²) in [6.45, 7) is 5.64. The molecule has 150 valence electrons. The highest BCUT2D eigenvalue weighted by Crippen LogP contribution is 2.18. The third kappa shape index (κ3) is 5.44. The fourth-order valence-corrected chi connectivity index (χ4v) is 4.18. The second kappa shape index (κ2) is 9.72. The number of hydrogen-bond donors (Lipinski definition) is 1. The van der Waals surface area contributed by atoms with Gasteiger partial charge in [-0.25, -0.2) is 8.42 Å². The molecule has 0 fully saturated rings. The van der Waals surface area contributed by atoms with E-state index in [0.717, 1.165) is 5.76 Å². The molecule has 0 aromatic carbocycles. The molecule has 0 spiro atoms. The SMILES string of the molecule is CCN(CC)S(=O)(=O)c1cc(C(=O)NCCCOCc2ccco2)n(C)c1. The van der Waals surface area contributed by atoms with Crippen molar-refractivity contribution in [2.24, 2.45) is 7.05 Å². The molecule has 2 heterocycles. The van der Waals surface area contributed by atoms with Crippen LogP contribution in [0.15, 0.2) is 40.0 Å². The van der Waals surface area contributed by atoms with Crippen molar-refractivity contribution >= 4 is 15.9 Å². The lowest BCUT2D eigenvalue weighted by molar-refractivity contribution is 0.0910. The first-order valence-corrected chi connectivity index (χ1v) is 10.4. The maximum atomic E-state index is 12.6. The number of amides is 1. The number of nitrogens with zero attached hydrogens (tertiary/aromatic N) is 2. The molecule has 0 unspecified atom stereocenters.